The van der Waals surface area contributed by atoms with E-state index in [0.717, 1.165) is 25.7 Å². The van der Waals surface area contributed by atoms with Crippen LogP contribution in [0.4, 0.5) is 5.69 Å². The van der Waals surface area contributed by atoms with Gasteiger partial charge in [-0.05, 0) is 18.6 Å². The van der Waals surface area contributed by atoms with Crippen molar-refractivity contribution in [1.29, 1.82) is 0 Å². The third-order valence-corrected chi connectivity index (χ3v) is 3.39. The standard InChI is InChI=1S/C12H19NO4S/c1-2-3-4-5-8-17-12-9-10(18(14,15)16)6-7-11(12)13/h6-7,9H,2-5,8,13H2,1H3,(H,14,15,16). The fraction of sp³-hybridized carbons (Fsp3) is 0.500. The number of rotatable bonds is 7. The van der Waals surface area contributed by atoms with Gasteiger partial charge in [0.1, 0.15) is 5.75 Å². The van der Waals surface area contributed by atoms with Crippen LogP contribution in [0.5, 0.6) is 5.75 Å². The van der Waals surface area contributed by atoms with Gasteiger partial charge in [-0.2, -0.15) is 8.42 Å². The molecule has 1 rings (SSSR count). The molecule has 102 valence electrons. The first-order valence-corrected chi connectivity index (χ1v) is 7.39. The van der Waals surface area contributed by atoms with Crippen molar-refractivity contribution in [3.8, 4) is 5.75 Å². The van der Waals surface area contributed by atoms with Crippen LogP contribution in [0.2, 0.25) is 0 Å². The summed E-state index contributed by atoms with van der Waals surface area (Å²) in [5, 5.41) is 0. The smallest absolute Gasteiger partial charge is 0.294 e. The van der Waals surface area contributed by atoms with Crippen LogP contribution in [0.3, 0.4) is 0 Å². The van der Waals surface area contributed by atoms with Crippen molar-refractivity contribution in [1.82, 2.24) is 0 Å². The van der Waals surface area contributed by atoms with Gasteiger partial charge in [-0.15, -0.1) is 0 Å². The summed E-state index contributed by atoms with van der Waals surface area (Å²) >= 11 is 0. The van der Waals surface area contributed by atoms with E-state index in [9.17, 15) is 8.42 Å². The summed E-state index contributed by atoms with van der Waals surface area (Å²) in [6.07, 6.45) is 4.24. The molecule has 0 spiro atoms. The molecule has 0 aromatic heterocycles. The van der Waals surface area contributed by atoms with E-state index in [2.05, 4.69) is 6.92 Å². The zero-order valence-corrected chi connectivity index (χ0v) is 11.2. The molecule has 0 heterocycles. The van der Waals surface area contributed by atoms with Crippen LogP contribution in [0.15, 0.2) is 23.1 Å². The Balaban J connectivity index is 2.65. The van der Waals surface area contributed by atoms with Gasteiger partial charge in [0, 0.05) is 6.07 Å². The van der Waals surface area contributed by atoms with Crippen LogP contribution >= 0.6 is 0 Å². The van der Waals surface area contributed by atoms with Crippen LogP contribution in [-0.2, 0) is 10.1 Å². The largest absolute Gasteiger partial charge is 0.491 e. The highest BCUT2D eigenvalue weighted by Gasteiger charge is 2.12. The lowest BCUT2D eigenvalue weighted by atomic mass is 10.2. The Morgan fingerprint density at radius 1 is 1.28 bits per heavy atom. The lowest BCUT2D eigenvalue weighted by Gasteiger charge is -2.09. The Labute approximate surface area is 108 Å². The fourth-order valence-corrected chi connectivity index (χ4v) is 2.01. The van der Waals surface area contributed by atoms with E-state index in [-0.39, 0.29) is 4.90 Å². The Morgan fingerprint density at radius 2 is 2.00 bits per heavy atom. The molecule has 0 atom stereocenters. The lowest BCUT2D eigenvalue weighted by molar-refractivity contribution is 0.305. The van der Waals surface area contributed by atoms with Crippen LogP contribution in [0.25, 0.3) is 0 Å². The molecule has 0 radical (unpaired) electrons. The predicted molar refractivity (Wildman–Crippen MR) is 70.3 cm³/mol. The van der Waals surface area contributed by atoms with E-state index in [0.29, 0.717) is 18.0 Å². The number of unbranched alkanes of at least 4 members (excludes halogenated alkanes) is 3. The maximum Gasteiger partial charge on any atom is 0.294 e. The minimum atomic E-state index is -4.22. The summed E-state index contributed by atoms with van der Waals surface area (Å²) in [6, 6.07) is 3.89. The Kier molecular flexibility index (Phi) is 5.43. The molecule has 0 aliphatic heterocycles. The van der Waals surface area contributed by atoms with Crippen molar-refractivity contribution in [3.05, 3.63) is 18.2 Å². The number of benzene rings is 1. The number of ether oxygens (including phenoxy) is 1. The summed E-state index contributed by atoms with van der Waals surface area (Å²) in [6.45, 7) is 2.60. The zero-order valence-electron chi connectivity index (χ0n) is 10.4. The Morgan fingerprint density at radius 3 is 2.61 bits per heavy atom. The minimum Gasteiger partial charge on any atom is -0.491 e. The van der Waals surface area contributed by atoms with E-state index in [1.54, 1.807) is 0 Å². The van der Waals surface area contributed by atoms with Gasteiger partial charge in [-0.25, -0.2) is 0 Å². The second-order valence-corrected chi connectivity index (χ2v) is 5.51. The Bertz CT molecular complexity index is 485. The fourth-order valence-electron chi connectivity index (χ4n) is 1.51. The third kappa shape index (κ3) is 4.54. The minimum absolute atomic E-state index is 0.208. The highest BCUT2D eigenvalue weighted by molar-refractivity contribution is 7.85. The molecule has 0 aliphatic carbocycles. The average Bonchev–Trinajstić information content (AvgIpc) is 2.29. The first-order valence-electron chi connectivity index (χ1n) is 5.95. The number of hydrogen-bond donors (Lipinski definition) is 2. The molecule has 0 unspecified atom stereocenters. The summed E-state index contributed by atoms with van der Waals surface area (Å²) in [4.78, 5) is -0.208. The van der Waals surface area contributed by atoms with Crippen molar-refractivity contribution >= 4 is 15.8 Å². The molecule has 1 aromatic rings. The van der Waals surface area contributed by atoms with Crippen LogP contribution in [0, 0.1) is 0 Å². The molecule has 0 fully saturated rings. The van der Waals surface area contributed by atoms with Crippen molar-refractivity contribution in [2.75, 3.05) is 12.3 Å². The van der Waals surface area contributed by atoms with Gasteiger partial charge in [0.25, 0.3) is 10.1 Å². The van der Waals surface area contributed by atoms with Gasteiger partial charge < -0.3 is 10.5 Å². The SMILES string of the molecule is CCCCCCOc1cc(S(=O)(=O)O)ccc1N. The molecule has 0 bridgehead atoms. The highest BCUT2D eigenvalue weighted by atomic mass is 32.2. The van der Waals surface area contributed by atoms with Crippen LogP contribution in [0.1, 0.15) is 32.6 Å². The van der Waals surface area contributed by atoms with Gasteiger partial charge in [0.05, 0.1) is 17.2 Å². The predicted octanol–water partition coefficient (Wildman–Crippen LogP) is 2.47. The lowest BCUT2D eigenvalue weighted by Crippen LogP contribution is -2.03. The van der Waals surface area contributed by atoms with E-state index in [4.69, 9.17) is 15.0 Å². The second kappa shape index (κ2) is 6.61. The Hall–Kier alpha value is -1.27. The molecule has 3 N–H and O–H groups in total. The summed E-state index contributed by atoms with van der Waals surface area (Å²) < 4.78 is 36.3. The summed E-state index contributed by atoms with van der Waals surface area (Å²) in [7, 11) is -4.22. The van der Waals surface area contributed by atoms with Gasteiger partial charge in [0.2, 0.25) is 0 Å². The van der Waals surface area contributed by atoms with E-state index in [1.807, 2.05) is 0 Å². The summed E-state index contributed by atoms with van der Waals surface area (Å²) in [5.41, 5.74) is 6.03. The first-order chi connectivity index (χ1) is 8.45. The molecule has 0 amide bonds. The molecule has 0 saturated heterocycles. The van der Waals surface area contributed by atoms with Gasteiger partial charge in [-0.3, -0.25) is 4.55 Å². The van der Waals surface area contributed by atoms with Crippen molar-refractivity contribution in [2.45, 2.75) is 37.5 Å². The molecule has 5 nitrogen and oxygen atoms in total. The van der Waals surface area contributed by atoms with E-state index < -0.39 is 10.1 Å². The molecule has 0 aliphatic rings. The monoisotopic (exact) mass is 273 g/mol. The van der Waals surface area contributed by atoms with Crippen molar-refractivity contribution in [2.24, 2.45) is 0 Å². The molecule has 0 saturated carbocycles. The number of anilines is 1. The highest BCUT2D eigenvalue weighted by Crippen LogP contribution is 2.25. The normalized spacial score (nSPS) is 11.4. The van der Waals surface area contributed by atoms with E-state index >= 15 is 0 Å². The second-order valence-electron chi connectivity index (χ2n) is 4.08. The zero-order chi connectivity index (χ0) is 13.6. The molecule has 1 aromatic carbocycles. The maximum atomic E-state index is 11.0. The van der Waals surface area contributed by atoms with Gasteiger partial charge >= 0.3 is 0 Å². The average molecular weight is 273 g/mol. The number of nitrogen functional groups attached to an aromatic ring is 1. The number of nitrogens with two attached hydrogens (primary N) is 1. The molecular formula is C12H19NO4S. The topological polar surface area (TPSA) is 89.6 Å². The summed E-state index contributed by atoms with van der Waals surface area (Å²) in [5.74, 6) is 0.293. The number of hydrogen-bond acceptors (Lipinski definition) is 4. The van der Waals surface area contributed by atoms with Crippen molar-refractivity contribution < 1.29 is 17.7 Å². The van der Waals surface area contributed by atoms with E-state index in [1.165, 1.54) is 18.2 Å². The first kappa shape index (κ1) is 14.8. The quantitative estimate of drug-likeness (QED) is 0.452. The van der Waals surface area contributed by atoms with Gasteiger partial charge in [-0.1, -0.05) is 26.2 Å². The van der Waals surface area contributed by atoms with Crippen molar-refractivity contribution in [3.63, 3.8) is 0 Å². The molecule has 18 heavy (non-hydrogen) atoms. The van der Waals surface area contributed by atoms with Gasteiger partial charge in [0.15, 0.2) is 0 Å². The molecular weight excluding hydrogens is 254 g/mol. The molecule has 6 heteroatoms. The van der Waals surface area contributed by atoms with Crippen LogP contribution in [-0.4, -0.2) is 19.6 Å². The van der Waals surface area contributed by atoms with Crippen LogP contribution < -0.4 is 10.5 Å². The maximum absolute atomic E-state index is 11.0. The third-order valence-electron chi connectivity index (χ3n) is 2.54.